The van der Waals surface area contributed by atoms with Gasteiger partial charge in [-0.15, -0.1) is 11.8 Å². The third kappa shape index (κ3) is 1.42. The maximum absolute atomic E-state index is 5.83. The molecule has 1 atom stereocenters. The van der Waals surface area contributed by atoms with Crippen LogP contribution in [0.3, 0.4) is 0 Å². The minimum Gasteiger partial charge on any atom is -0.327 e. The van der Waals surface area contributed by atoms with E-state index in [9.17, 15) is 0 Å². The van der Waals surface area contributed by atoms with Crippen LogP contribution >= 0.6 is 11.8 Å². The number of thioether (sulfide) groups is 1. The molecule has 58 valence electrons. The molecule has 1 heterocycles. The Bertz CT molecular complexity index is 259. The van der Waals surface area contributed by atoms with E-state index in [1.807, 2.05) is 11.8 Å². The average Bonchev–Trinajstić information content (AvgIpc) is 2.04. The highest BCUT2D eigenvalue weighted by Gasteiger charge is 2.14. The Balaban J connectivity index is 2.34. The summed E-state index contributed by atoms with van der Waals surface area (Å²) in [5.41, 5.74) is 7.24. The first kappa shape index (κ1) is 7.19. The zero-order chi connectivity index (χ0) is 7.68. The van der Waals surface area contributed by atoms with Crippen molar-refractivity contribution in [2.75, 3.05) is 5.75 Å². The predicted octanol–water partition coefficient (Wildman–Crippen LogP) is 1.66. The molecule has 0 aromatic heterocycles. The van der Waals surface area contributed by atoms with Gasteiger partial charge in [0.2, 0.25) is 0 Å². The van der Waals surface area contributed by atoms with Crippen LogP contribution in [0.2, 0.25) is 0 Å². The van der Waals surface area contributed by atoms with Crippen LogP contribution < -0.4 is 5.73 Å². The van der Waals surface area contributed by atoms with Crippen molar-refractivity contribution in [2.24, 2.45) is 5.73 Å². The fourth-order valence-electron chi connectivity index (χ4n) is 1.35. The van der Waals surface area contributed by atoms with E-state index in [4.69, 9.17) is 5.73 Å². The van der Waals surface area contributed by atoms with Gasteiger partial charge in [-0.2, -0.15) is 0 Å². The lowest BCUT2D eigenvalue weighted by Gasteiger charge is -2.19. The van der Waals surface area contributed by atoms with Crippen molar-refractivity contribution in [2.45, 2.75) is 17.4 Å². The number of hydrogen-bond donors (Lipinski definition) is 1. The van der Waals surface area contributed by atoms with Crippen LogP contribution in [0.15, 0.2) is 29.2 Å². The first-order chi connectivity index (χ1) is 5.36. The van der Waals surface area contributed by atoms with Crippen LogP contribution in [0.1, 0.15) is 5.56 Å². The normalized spacial score (nSPS) is 22.8. The van der Waals surface area contributed by atoms with Crippen LogP contribution in [-0.2, 0) is 6.42 Å². The molecule has 0 spiro atoms. The Hall–Kier alpha value is -0.470. The molecule has 0 fully saturated rings. The summed E-state index contributed by atoms with van der Waals surface area (Å²) in [6, 6.07) is 8.86. The van der Waals surface area contributed by atoms with Crippen molar-refractivity contribution < 1.29 is 0 Å². The molecule has 1 nitrogen and oxygen atoms in total. The molecular weight excluding hydrogens is 154 g/mol. The lowest BCUT2D eigenvalue weighted by Crippen LogP contribution is -2.28. The highest BCUT2D eigenvalue weighted by molar-refractivity contribution is 7.99. The van der Waals surface area contributed by atoms with E-state index in [0.29, 0.717) is 6.04 Å². The van der Waals surface area contributed by atoms with Gasteiger partial charge in [-0.3, -0.25) is 0 Å². The van der Waals surface area contributed by atoms with Crippen molar-refractivity contribution >= 4 is 11.8 Å². The molecule has 1 unspecified atom stereocenters. The molecule has 2 N–H and O–H groups in total. The molecule has 0 radical (unpaired) electrons. The zero-order valence-electron chi connectivity index (χ0n) is 6.29. The Labute approximate surface area is 71.0 Å². The third-order valence-corrected chi connectivity index (χ3v) is 3.21. The smallest absolute Gasteiger partial charge is 0.0175 e. The Kier molecular flexibility index (Phi) is 1.88. The molecule has 2 heteroatoms. The number of rotatable bonds is 0. The van der Waals surface area contributed by atoms with Gasteiger partial charge in [0.25, 0.3) is 0 Å². The summed E-state index contributed by atoms with van der Waals surface area (Å²) in [7, 11) is 0. The predicted molar refractivity (Wildman–Crippen MR) is 48.8 cm³/mol. The quantitative estimate of drug-likeness (QED) is 0.632. The maximum Gasteiger partial charge on any atom is 0.0175 e. The van der Waals surface area contributed by atoms with Crippen molar-refractivity contribution in [1.82, 2.24) is 0 Å². The van der Waals surface area contributed by atoms with E-state index in [0.717, 1.165) is 12.2 Å². The van der Waals surface area contributed by atoms with Gasteiger partial charge in [0.1, 0.15) is 0 Å². The van der Waals surface area contributed by atoms with Crippen LogP contribution in [0.25, 0.3) is 0 Å². The lowest BCUT2D eigenvalue weighted by atomic mass is 10.1. The van der Waals surface area contributed by atoms with Crippen LogP contribution in [0.5, 0.6) is 0 Å². The summed E-state index contributed by atoms with van der Waals surface area (Å²) >= 11 is 1.87. The van der Waals surface area contributed by atoms with Gasteiger partial charge in [-0.05, 0) is 18.1 Å². The summed E-state index contributed by atoms with van der Waals surface area (Å²) in [6.45, 7) is 0. The van der Waals surface area contributed by atoms with E-state index in [-0.39, 0.29) is 0 Å². The van der Waals surface area contributed by atoms with Crippen molar-refractivity contribution in [3.05, 3.63) is 29.8 Å². The van der Waals surface area contributed by atoms with Crippen molar-refractivity contribution in [3.8, 4) is 0 Å². The monoisotopic (exact) mass is 165 g/mol. The molecule has 0 saturated heterocycles. The van der Waals surface area contributed by atoms with Crippen molar-refractivity contribution in [1.29, 1.82) is 0 Å². The van der Waals surface area contributed by atoms with Gasteiger partial charge in [-0.1, -0.05) is 18.2 Å². The molecule has 2 rings (SSSR count). The molecular formula is C9H11NS. The SMILES string of the molecule is NC1CSc2ccccc2C1. The summed E-state index contributed by atoms with van der Waals surface area (Å²) < 4.78 is 0. The molecule has 1 aliphatic heterocycles. The fourth-order valence-corrected chi connectivity index (χ4v) is 2.37. The van der Waals surface area contributed by atoms with E-state index < -0.39 is 0 Å². The Morgan fingerprint density at radius 1 is 1.36 bits per heavy atom. The van der Waals surface area contributed by atoms with Gasteiger partial charge < -0.3 is 5.73 Å². The fraction of sp³-hybridized carbons (Fsp3) is 0.333. The molecule has 0 saturated carbocycles. The molecule has 0 aliphatic carbocycles. The number of fused-ring (bicyclic) bond motifs is 1. The number of nitrogens with two attached hydrogens (primary N) is 1. The highest BCUT2D eigenvalue weighted by atomic mass is 32.2. The van der Waals surface area contributed by atoms with Gasteiger partial charge >= 0.3 is 0 Å². The minimum atomic E-state index is 0.356. The van der Waals surface area contributed by atoms with Gasteiger partial charge in [0.15, 0.2) is 0 Å². The molecule has 1 aromatic carbocycles. The molecule has 11 heavy (non-hydrogen) atoms. The highest BCUT2D eigenvalue weighted by Crippen LogP contribution is 2.28. The Morgan fingerprint density at radius 2 is 2.18 bits per heavy atom. The largest absolute Gasteiger partial charge is 0.327 e. The van der Waals surface area contributed by atoms with E-state index in [1.165, 1.54) is 10.5 Å². The zero-order valence-corrected chi connectivity index (χ0v) is 7.10. The first-order valence-corrected chi connectivity index (χ1v) is 4.81. The van der Waals surface area contributed by atoms with Gasteiger partial charge in [0.05, 0.1) is 0 Å². The van der Waals surface area contributed by atoms with E-state index >= 15 is 0 Å². The van der Waals surface area contributed by atoms with E-state index in [2.05, 4.69) is 24.3 Å². The van der Waals surface area contributed by atoms with Crippen molar-refractivity contribution in [3.63, 3.8) is 0 Å². The standard InChI is InChI=1S/C9H11NS/c10-8-5-7-3-1-2-4-9(7)11-6-8/h1-4,8H,5-6,10H2. The second kappa shape index (κ2) is 2.88. The average molecular weight is 165 g/mol. The maximum atomic E-state index is 5.83. The van der Waals surface area contributed by atoms with Crippen LogP contribution in [0.4, 0.5) is 0 Å². The number of hydrogen-bond acceptors (Lipinski definition) is 2. The van der Waals surface area contributed by atoms with Crippen LogP contribution in [-0.4, -0.2) is 11.8 Å². The van der Waals surface area contributed by atoms with E-state index in [1.54, 1.807) is 0 Å². The Morgan fingerprint density at radius 3 is 3.09 bits per heavy atom. The number of benzene rings is 1. The summed E-state index contributed by atoms with van der Waals surface area (Å²) in [4.78, 5) is 1.41. The third-order valence-electron chi connectivity index (χ3n) is 1.91. The van der Waals surface area contributed by atoms with Gasteiger partial charge in [0, 0.05) is 16.7 Å². The van der Waals surface area contributed by atoms with Crippen LogP contribution in [0, 0.1) is 0 Å². The van der Waals surface area contributed by atoms with Gasteiger partial charge in [-0.25, -0.2) is 0 Å². The molecule has 1 aliphatic rings. The second-order valence-electron chi connectivity index (χ2n) is 2.88. The molecule has 0 amide bonds. The summed E-state index contributed by atoms with van der Waals surface area (Å²) in [6.07, 6.45) is 1.04. The lowest BCUT2D eigenvalue weighted by molar-refractivity contribution is 0.727. The molecule has 1 aromatic rings. The minimum absolute atomic E-state index is 0.356. The molecule has 0 bridgehead atoms. The second-order valence-corrected chi connectivity index (χ2v) is 3.94. The first-order valence-electron chi connectivity index (χ1n) is 3.82. The summed E-state index contributed by atoms with van der Waals surface area (Å²) in [5, 5.41) is 0. The topological polar surface area (TPSA) is 26.0 Å². The summed E-state index contributed by atoms with van der Waals surface area (Å²) in [5.74, 6) is 1.07.